The fraction of sp³-hybridized carbons (Fsp3) is 0.216. The van der Waals surface area contributed by atoms with Gasteiger partial charge in [0, 0.05) is 6.20 Å². The lowest BCUT2D eigenvalue weighted by atomic mass is 9.65. The van der Waals surface area contributed by atoms with Crippen LogP contribution in [0.4, 0.5) is 0 Å². The normalized spacial score (nSPS) is 17.6. The summed E-state index contributed by atoms with van der Waals surface area (Å²) in [5.74, 6) is 2.24. The lowest BCUT2D eigenvalue weighted by Crippen LogP contribution is -2.57. The summed E-state index contributed by atoms with van der Waals surface area (Å²) in [6.07, 6.45) is -4.65. The van der Waals surface area contributed by atoms with Gasteiger partial charge in [-0.2, -0.15) is 0 Å². The maximum Gasteiger partial charge on any atom is 0.334 e. The van der Waals surface area contributed by atoms with E-state index in [4.69, 9.17) is 23.7 Å². The summed E-state index contributed by atoms with van der Waals surface area (Å²) in [6.45, 7) is -0.646. The van der Waals surface area contributed by atoms with Gasteiger partial charge < -0.3 is 39.0 Å². The second-order valence-electron chi connectivity index (χ2n) is 15.2. The van der Waals surface area contributed by atoms with Gasteiger partial charge in [-0.05, 0) is 81.9 Å². The Morgan fingerprint density at radius 1 is 0.524 bits per heavy atom. The van der Waals surface area contributed by atoms with Crippen molar-refractivity contribution in [1.82, 2.24) is 9.13 Å². The average molecular weight is 849 g/mol. The number of benzene rings is 6. The molecule has 2 unspecified atom stereocenters. The van der Waals surface area contributed by atoms with Crippen molar-refractivity contribution in [3.8, 4) is 23.0 Å². The van der Waals surface area contributed by atoms with Crippen LogP contribution < -0.4 is 30.2 Å². The summed E-state index contributed by atoms with van der Waals surface area (Å²) in [4.78, 5) is 32.7. The Hall–Kier alpha value is -6.96. The van der Waals surface area contributed by atoms with Crippen LogP contribution in [0.5, 0.6) is 23.0 Å². The van der Waals surface area contributed by atoms with Gasteiger partial charge in [0.2, 0.25) is 0 Å². The number of methoxy groups -OCH3 is 4. The molecule has 1 saturated heterocycles. The van der Waals surface area contributed by atoms with Gasteiger partial charge in [-0.25, -0.2) is 9.36 Å². The molecule has 7 aromatic rings. The van der Waals surface area contributed by atoms with Crippen LogP contribution in [0.25, 0.3) is 0 Å². The molecule has 0 spiro atoms. The maximum atomic E-state index is 16.7. The van der Waals surface area contributed by atoms with E-state index in [9.17, 15) is 15.3 Å². The maximum absolute atomic E-state index is 16.7. The molecule has 8 rings (SSSR count). The minimum Gasteiger partial charge on any atom is -0.497 e. The highest BCUT2D eigenvalue weighted by molar-refractivity contribution is 5.61. The fourth-order valence-corrected chi connectivity index (χ4v) is 8.99. The highest BCUT2D eigenvalue weighted by atomic mass is 16.6. The van der Waals surface area contributed by atoms with Crippen LogP contribution >= 0.6 is 0 Å². The summed E-state index contributed by atoms with van der Waals surface area (Å²) < 4.78 is 30.9. The Labute approximate surface area is 364 Å². The highest BCUT2D eigenvalue weighted by Crippen LogP contribution is 2.47. The first-order valence-electron chi connectivity index (χ1n) is 20.4. The number of hydrogen-bond donors (Lipinski definition) is 3. The van der Waals surface area contributed by atoms with Crippen LogP contribution in [-0.4, -0.2) is 77.8 Å². The molecular weight excluding hydrogens is 801 g/mol. The van der Waals surface area contributed by atoms with Crippen LogP contribution in [0, 0.1) is 0 Å². The Balaban J connectivity index is 1.63. The van der Waals surface area contributed by atoms with Crippen molar-refractivity contribution in [2.24, 2.45) is 0 Å². The SMILES string of the molecule is COc1ccc(C(c2ccccc2)(c2ccc(OC)cc2)c2cn([C@H]3O[C@@H](CO)C(O)C3O)c(=O)n(C(c3ccccc3)(c3ccc(OC)cc3)c3ccc(OC)cc3)c2=O)cc1. The van der Waals surface area contributed by atoms with Crippen LogP contribution in [0.15, 0.2) is 174 Å². The van der Waals surface area contributed by atoms with Crippen molar-refractivity contribution in [1.29, 1.82) is 0 Å². The topological polar surface area (TPSA) is 151 Å². The summed E-state index contributed by atoms with van der Waals surface area (Å²) in [7, 11) is 6.25. The van der Waals surface area contributed by atoms with Crippen LogP contribution in [-0.2, 0) is 15.7 Å². The molecule has 0 radical (unpaired) electrons. The molecule has 2 heterocycles. The van der Waals surface area contributed by atoms with Crippen molar-refractivity contribution in [2.75, 3.05) is 35.0 Å². The van der Waals surface area contributed by atoms with E-state index in [1.54, 1.807) is 77.0 Å². The molecule has 4 atom stereocenters. The predicted octanol–water partition coefficient (Wildman–Crippen LogP) is 5.88. The minimum absolute atomic E-state index is 0.0868. The molecule has 1 aliphatic heterocycles. The zero-order valence-electron chi connectivity index (χ0n) is 35.2. The summed E-state index contributed by atoms with van der Waals surface area (Å²) in [5.41, 5.74) is -1.22. The average Bonchev–Trinajstić information content (AvgIpc) is 3.63. The van der Waals surface area contributed by atoms with Crippen molar-refractivity contribution >= 4 is 0 Å². The van der Waals surface area contributed by atoms with E-state index in [0.29, 0.717) is 56.4 Å². The minimum atomic E-state index is -1.74. The summed E-state index contributed by atoms with van der Waals surface area (Å²) in [6, 6.07) is 47.7. The monoisotopic (exact) mass is 848 g/mol. The molecule has 1 fully saturated rings. The van der Waals surface area contributed by atoms with Gasteiger partial charge >= 0.3 is 5.69 Å². The molecule has 6 aromatic carbocycles. The zero-order valence-corrected chi connectivity index (χ0v) is 35.2. The molecule has 0 saturated carbocycles. The molecule has 0 amide bonds. The lowest BCUT2D eigenvalue weighted by Gasteiger charge is -2.41. The largest absolute Gasteiger partial charge is 0.497 e. The van der Waals surface area contributed by atoms with E-state index in [-0.39, 0.29) is 5.56 Å². The molecule has 63 heavy (non-hydrogen) atoms. The number of aromatic nitrogens is 2. The molecule has 3 N–H and O–H groups in total. The van der Waals surface area contributed by atoms with Crippen molar-refractivity contribution in [2.45, 2.75) is 35.5 Å². The Bertz CT molecular complexity index is 2660. The second-order valence-corrected chi connectivity index (χ2v) is 15.2. The van der Waals surface area contributed by atoms with E-state index >= 15 is 9.59 Å². The van der Waals surface area contributed by atoms with Gasteiger partial charge in [0.1, 0.15) is 46.8 Å². The van der Waals surface area contributed by atoms with Gasteiger partial charge in [0.05, 0.1) is 46.0 Å². The number of nitrogens with zero attached hydrogens (tertiary/aromatic N) is 2. The third-order valence-corrected chi connectivity index (χ3v) is 12.1. The Morgan fingerprint density at radius 3 is 1.27 bits per heavy atom. The van der Waals surface area contributed by atoms with Crippen LogP contribution in [0.2, 0.25) is 0 Å². The molecule has 12 nitrogen and oxygen atoms in total. The number of aliphatic hydroxyl groups is 3. The quantitative estimate of drug-likeness (QED) is 0.113. The van der Waals surface area contributed by atoms with E-state index in [1.807, 2.05) is 109 Å². The Kier molecular flexibility index (Phi) is 12.1. The van der Waals surface area contributed by atoms with E-state index in [1.165, 1.54) is 10.8 Å². The smallest absolute Gasteiger partial charge is 0.334 e. The van der Waals surface area contributed by atoms with Gasteiger partial charge in [-0.15, -0.1) is 0 Å². The number of rotatable bonds is 14. The molecule has 1 aromatic heterocycles. The summed E-state index contributed by atoms with van der Waals surface area (Å²) in [5, 5.41) is 33.2. The van der Waals surface area contributed by atoms with E-state index in [0.717, 1.165) is 4.57 Å². The molecular formula is C51H48N2O10. The first kappa shape index (κ1) is 42.7. The molecule has 0 aliphatic carbocycles. The molecule has 12 heteroatoms. The van der Waals surface area contributed by atoms with Gasteiger partial charge in [-0.3, -0.25) is 9.36 Å². The van der Waals surface area contributed by atoms with Crippen molar-refractivity contribution in [3.63, 3.8) is 0 Å². The first-order chi connectivity index (χ1) is 30.7. The van der Waals surface area contributed by atoms with Crippen molar-refractivity contribution < 1.29 is 39.0 Å². The van der Waals surface area contributed by atoms with Gasteiger partial charge in [0.25, 0.3) is 5.56 Å². The fourth-order valence-electron chi connectivity index (χ4n) is 8.99. The zero-order chi connectivity index (χ0) is 44.3. The van der Waals surface area contributed by atoms with Crippen LogP contribution in [0.3, 0.4) is 0 Å². The molecule has 0 bridgehead atoms. The lowest BCUT2D eigenvalue weighted by molar-refractivity contribution is -0.0560. The predicted molar refractivity (Wildman–Crippen MR) is 237 cm³/mol. The van der Waals surface area contributed by atoms with E-state index < -0.39 is 53.3 Å². The van der Waals surface area contributed by atoms with Gasteiger partial charge in [-0.1, -0.05) is 109 Å². The highest BCUT2D eigenvalue weighted by Gasteiger charge is 2.50. The van der Waals surface area contributed by atoms with Crippen LogP contribution in [0.1, 0.15) is 45.2 Å². The number of hydrogen-bond acceptors (Lipinski definition) is 10. The third kappa shape index (κ3) is 7.16. The van der Waals surface area contributed by atoms with Gasteiger partial charge in [0.15, 0.2) is 6.23 Å². The third-order valence-electron chi connectivity index (χ3n) is 12.1. The van der Waals surface area contributed by atoms with E-state index in [2.05, 4.69) is 0 Å². The summed E-state index contributed by atoms with van der Waals surface area (Å²) >= 11 is 0. The van der Waals surface area contributed by atoms with Crippen molar-refractivity contribution in [3.05, 3.63) is 224 Å². The standard InChI is InChI=1S/C51H48N2O10/c1-59-39-23-15-34(16-24-39)50(33-11-7-5-8-12-33,35-17-25-40(60-2)26-18-35)43-31-52(48-46(56)45(55)44(32-54)63-48)49(58)53(47(43)57)51(36-13-9-6-10-14-36,37-19-27-41(61-3)28-20-37)38-21-29-42(62-4)30-22-38/h5-31,44-46,48,54-56H,32H2,1-4H3/t44-,45?,46?,48-/m0/s1. The Morgan fingerprint density at radius 2 is 0.889 bits per heavy atom. The number of ether oxygens (including phenoxy) is 5. The first-order valence-corrected chi connectivity index (χ1v) is 20.4. The molecule has 322 valence electrons. The number of aliphatic hydroxyl groups excluding tert-OH is 3. The second kappa shape index (κ2) is 17.8. The molecule has 1 aliphatic rings.